The highest BCUT2D eigenvalue weighted by molar-refractivity contribution is 6.33. The van der Waals surface area contributed by atoms with Gasteiger partial charge in [0.15, 0.2) is 6.61 Å². The van der Waals surface area contributed by atoms with Gasteiger partial charge in [-0.2, -0.15) is 0 Å². The van der Waals surface area contributed by atoms with Crippen LogP contribution in [-0.4, -0.2) is 23.3 Å². The zero-order valence-corrected chi connectivity index (χ0v) is 13.2. The van der Waals surface area contributed by atoms with Crippen LogP contribution in [-0.2, 0) is 4.74 Å². The van der Waals surface area contributed by atoms with E-state index in [1.807, 2.05) is 0 Å². The zero-order chi connectivity index (χ0) is 17.9. The average molecular weight is 352 g/mol. The molecule has 0 aliphatic heterocycles. The molecule has 124 valence electrons. The summed E-state index contributed by atoms with van der Waals surface area (Å²) in [4.78, 5) is 34.1. The van der Waals surface area contributed by atoms with Crippen molar-refractivity contribution < 1.29 is 23.6 Å². The lowest BCUT2D eigenvalue weighted by atomic mass is 10.1. The number of rotatable bonds is 5. The highest BCUT2D eigenvalue weighted by Gasteiger charge is 2.18. The van der Waals surface area contributed by atoms with Crippen molar-refractivity contribution in [2.24, 2.45) is 0 Å². The Labute approximate surface area is 141 Å². The Morgan fingerprint density at radius 3 is 2.58 bits per heavy atom. The van der Waals surface area contributed by atoms with E-state index in [0.717, 1.165) is 24.3 Å². The van der Waals surface area contributed by atoms with Crippen LogP contribution in [0.1, 0.15) is 26.3 Å². The van der Waals surface area contributed by atoms with Gasteiger partial charge in [-0.05, 0) is 25.1 Å². The van der Waals surface area contributed by atoms with E-state index < -0.39 is 29.1 Å². The lowest BCUT2D eigenvalue weighted by Gasteiger charge is -2.06. The van der Waals surface area contributed by atoms with E-state index in [1.54, 1.807) is 6.92 Å². The van der Waals surface area contributed by atoms with Crippen LogP contribution in [0.3, 0.4) is 0 Å². The van der Waals surface area contributed by atoms with Gasteiger partial charge in [0, 0.05) is 17.2 Å². The number of hydrogen-bond donors (Lipinski definition) is 0. The minimum Gasteiger partial charge on any atom is -0.454 e. The van der Waals surface area contributed by atoms with Gasteiger partial charge in [-0.15, -0.1) is 0 Å². The molecule has 2 aromatic carbocycles. The summed E-state index contributed by atoms with van der Waals surface area (Å²) in [6, 6.07) is 7.09. The maximum Gasteiger partial charge on any atom is 0.340 e. The normalized spacial score (nSPS) is 10.3. The third kappa shape index (κ3) is 3.94. The number of nitro benzene ring substituents is 1. The lowest BCUT2D eigenvalue weighted by Crippen LogP contribution is -2.15. The molecule has 2 rings (SSSR count). The Morgan fingerprint density at radius 2 is 1.96 bits per heavy atom. The first-order valence-corrected chi connectivity index (χ1v) is 7.08. The minimum absolute atomic E-state index is 0.0466. The Kier molecular flexibility index (Phi) is 5.25. The number of carbonyl (C=O) groups is 2. The molecule has 0 unspecified atom stereocenters. The van der Waals surface area contributed by atoms with Crippen LogP contribution < -0.4 is 0 Å². The molecule has 0 saturated heterocycles. The Bertz CT molecular complexity index is 837. The second-order valence-electron chi connectivity index (χ2n) is 4.88. The van der Waals surface area contributed by atoms with Gasteiger partial charge in [0.05, 0.1) is 15.5 Å². The van der Waals surface area contributed by atoms with Crippen LogP contribution >= 0.6 is 11.6 Å². The van der Waals surface area contributed by atoms with E-state index in [1.165, 1.54) is 12.1 Å². The second-order valence-corrected chi connectivity index (χ2v) is 5.29. The van der Waals surface area contributed by atoms with Crippen LogP contribution in [0.4, 0.5) is 10.1 Å². The summed E-state index contributed by atoms with van der Waals surface area (Å²) in [5, 5.41) is 10.7. The zero-order valence-electron chi connectivity index (χ0n) is 12.4. The first-order valence-electron chi connectivity index (χ1n) is 6.70. The maximum atomic E-state index is 12.9. The summed E-state index contributed by atoms with van der Waals surface area (Å²) in [7, 11) is 0. The van der Waals surface area contributed by atoms with E-state index in [9.17, 15) is 24.1 Å². The van der Waals surface area contributed by atoms with Crippen LogP contribution in [0, 0.1) is 22.9 Å². The topological polar surface area (TPSA) is 86.5 Å². The van der Waals surface area contributed by atoms with Gasteiger partial charge in [0.1, 0.15) is 5.82 Å². The van der Waals surface area contributed by atoms with Crippen LogP contribution in [0.2, 0.25) is 5.02 Å². The fourth-order valence-electron chi connectivity index (χ4n) is 1.93. The molecule has 24 heavy (non-hydrogen) atoms. The molecule has 0 heterocycles. The summed E-state index contributed by atoms with van der Waals surface area (Å²) in [5.74, 6) is -2.11. The molecule has 0 fully saturated rings. The Morgan fingerprint density at radius 1 is 1.25 bits per heavy atom. The number of halogens is 2. The number of ether oxygens (including phenoxy) is 1. The summed E-state index contributed by atoms with van der Waals surface area (Å²) >= 11 is 5.73. The smallest absolute Gasteiger partial charge is 0.340 e. The highest BCUT2D eigenvalue weighted by atomic mass is 35.5. The number of nitro groups is 1. The number of ketones is 1. The number of Topliss-reactive ketones (excluding diaryl/α,β-unsaturated/α-hetero) is 1. The van der Waals surface area contributed by atoms with E-state index in [4.69, 9.17) is 16.3 Å². The molecule has 0 saturated carbocycles. The second kappa shape index (κ2) is 7.18. The van der Waals surface area contributed by atoms with Crippen molar-refractivity contribution in [1.82, 2.24) is 0 Å². The van der Waals surface area contributed by atoms with Crippen molar-refractivity contribution in [3.63, 3.8) is 0 Å². The van der Waals surface area contributed by atoms with Gasteiger partial charge in [-0.25, -0.2) is 9.18 Å². The number of benzene rings is 2. The van der Waals surface area contributed by atoms with Crippen molar-refractivity contribution >= 4 is 29.0 Å². The molecule has 0 bridgehead atoms. The number of carbonyl (C=O) groups excluding carboxylic acids is 2. The summed E-state index contributed by atoms with van der Waals surface area (Å²) in [6.45, 7) is 0.926. The van der Waals surface area contributed by atoms with Crippen molar-refractivity contribution in [2.75, 3.05) is 6.61 Å². The average Bonchev–Trinajstić information content (AvgIpc) is 2.52. The van der Waals surface area contributed by atoms with Crippen LogP contribution in [0.15, 0.2) is 36.4 Å². The molecule has 0 aliphatic rings. The van der Waals surface area contributed by atoms with E-state index >= 15 is 0 Å². The molecule has 0 atom stereocenters. The van der Waals surface area contributed by atoms with E-state index in [0.29, 0.717) is 5.56 Å². The Hall–Kier alpha value is -2.80. The van der Waals surface area contributed by atoms with Crippen molar-refractivity contribution in [1.29, 1.82) is 0 Å². The summed E-state index contributed by atoms with van der Waals surface area (Å²) in [6.07, 6.45) is 0. The number of hydrogen-bond acceptors (Lipinski definition) is 5. The predicted molar refractivity (Wildman–Crippen MR) is 83.9 cm³/mol. The SMILES string of the molecule is Cc1ccc(C(=O)COC(=O)c2ccc(F)cc2Cl)cc1[N+](=O)[O-]. The molecule has 2 aromatic rings. The largest absolute Gasteiger partial charge is 0.454 e. The van der Waals surface area contributed by atoms with Crippen molar-refractivity contribution in [3.05, 3.63) is 74.0 Å². The van der Waals surface area contributed by atoms with Crippen LogP contribution in [0.5, 0.6) is 0 Å². The molecule has 8 heteroatoms. The first-order chi connectivity index (χ1) is 11.3. The third-order valence-corrected chi connectivity index (χ3v) is 3.53. The van der Waals surface area contributed by atoms with Gasteiger partial charge in [-0.3, -0.25) is 14.9 Å². The van der Waals surface area contributed by atoms with Crippen molar-refractivity contribution in [2.45, 2.75) is 6.92 Å². The minimum atomic E-state index is -0.894. The highest BCUT2D eigenvalue weighted by Crippen LogP contribution is 2.20. The molecule has 0 aromatic heterocycles. The summed E-state index contributed by atoms with van der Waals surface area (Å²) in [5.41, 5.74) is 0.173. The molecule has 0 spiro atoms. The quantitative estimate of drug-likeness (QED) is 0.354. The molecular formula is C16H11ClFNO5. The molecular weight excluding hydrogens is 341 g/mol. The monoisotopic (exact) mass is 351 g/mol. The van der Waals surface area contributed by atoms with E-state index in [2.05, 4.69) is 0 Å². The van der Waals surface area contributed by atoms with Gasteiger partial charge >= 0.3 is 5.97 Å². The fraction of sp³-hybridized carbons (Fsp3) is 0.125. The fourth-order valence-corrected chi connectivity index (χ4v) is 2.17. The van der Waals surface area contributed by atoms with Gasteiger partial charge < -0.3 is 4.74 Å². The standard InChI is InChI=1S/C16H11ClFNO5/c1-9-2-3-10(6-14(9)19(22)23)15(20)8-24-16(21)12-5-4-11(18)7-13(12)17/h2-7H,8H2,1H3. The van der Waals surface area contributed by atoms with E-state index in [-0.39, 0.29) is 21.8 Å². The molecule has 0 amide bonds. The maximum absolute atomic E-state index is 12.9. The van der Waals surface area contributed by atoms with Gasteiger partial charge in [0.25, 0.3) is 5.69 Å². The number of aryl methyl sites for hydroxylation is 1. The number of esters is 1. The van der Waals surface area contributed by atoms with Crippen LogP contribution in [0.25, 0.3) is 0 Å². The van der Waals surface area contributed by atoms with Gasteiger partial charge in [-0.1, -0.05) is 23.7 Å². The van der Waals surface area contributed by atoms with Gasteiger partial charge in [0.2, 0.25) is 5.78 Å². The third-order valence-electron chi connectivity index (χ3n) is 3.21. The molecule has 6 nitrogen and oxygen atoms in total. The van der Waals surface area contributed by atoms with Crippen molar-refractivity contribution in [3.8, 4) is 0 Å². The lowest BCUT2D eigenvalue weighted by molar-refractivity contribution is -0.385. The molecule has 0 N–H and O–H groups in total. The predicted octanol–water partition coefficient (Wildman–Crippen LogP) is 3.74. The molecule has 0 aliphatic carbocycles. The number of nitrogens with zero attached hydrogens (tertiary/aromatic N) is 1. The molecule has 0 radical (unpaired) electrons. The first kappa shape index (κ1) is 17.6. The Balaban J connectivity index is 2.09. The summed E-state index contributed by atoms with van der Waals surface area (Å²) < 4.78 is 17.8.